The molecule has 0 aliphatic carbocycles. The number of nitro benzene ring substituents is 1. The molecule has 0 saturated carbocycles. The zero-order valence-electron chi connectivity index (χ0n) is 11.4. The maximum Gasteiger partial charge on any atom is 0.312 e. The lowest BCUT2D eigenvalue weighted by Gasteiger charge is -2.10. The van der Waals surface area contributed by atoms with Crippen molar-refractivity contribution in [2.45, 2.75) is 13.8 Å². The lowest BCUT2D eigenvalue weighted by Crippen LogP contribution is -1.97. The van der Waals surface area contributed by atoms with Gasteiger partial charge in [0.2, 0.25) is 5.75 Å². The third-order valence-corrected chi connectivity index (χ3v) is 3.19. The van der Waals surface area contributed by atoms with E-state index in [1.807, 2.05) is 6.07 Å². The molecule has 0 N–H and O–H groups in total. The molecule has 0 fully saturated rings. The van der Waals surface area contributed by atoms with Crippen LogP contribution >= 0.6 is 11.6 Å². The fourth-order valence-corrected chi connectivity index (χ4v) is 2.18. The second-order valence-corrected chi connectivity index (χ2v) is 4.95. The normalized spacial score (nSPS) is 10.0. The largest absolute Gasteiger partial charge is 0.450 e. The number of hydrogen-bond donors (Lipinski definition) is 0. The Bertz CT molecular complexity index is 766. The minimum absolute atomic E-state index is 0.104. The summed E-state index contributed by atoms with van der Waals surface area (Å²) in [6, 6.07) is 9.71. The summed E-state index contributed by atoms with van der Waals surface area (Å²) >= 11 is 5.93. The molecule has 0 spiro atoms. The van der Waals surface area contributed by atoms with E-state index in [0.29, 0.717) is 16.9 Å². The predicted molar refractivity (Wildman–Crippen MR) is 78.8 cm³/mol. The van der Waals surface area contributed by atoms with E-state index in [4.69, 9.17) is 21.6 Å². The first-order chi connectivity index (χ1) is 9.92. The molecule has 0 heterocycles. The van der Waals surface area contributed by atoms with Crippen LogP contribution in [-0.4, -0.2) is 4.92 Å². The zero-order chi connectivity index (χ0) is 15.6. The number of benzene rings is 2. The topological polar surface area (TPSA) is 76.2 Å². The highest BCUT2D eigenvalue weighted by atomic mass is 35.5. The van der Waals surface area contributed by atoms with Crippen molar-refractivity contribution in [1.29, 1.82) is 5.26 Å². The van der Waals surface area contributed by atoms with Gasteiger partial charge in [-0.05, 0) is 37.1 Å². The van der Waals surface area contributed by atoms with Gasteiger partial charge >= 0.3 is 5.69 Å². The molecule has 0 aromatic heterocycles. The second-order valence-electron chi connectivity index (χ2n) is 4.54. The van der Waals surface area contributed by atoms with Gasteiger partial charge in [0.15, 0.2) is 0 Å². The molecule has 0 saturated heterocycles. The van der Waals surface area contributed by atoms with Gasteiger partial charge < -0.3 is 4.74 Å². The van der Waals surface area contributed by atoms with Crippen molar-refractivity contribution in [3.63, 3.8) is 0 Å². The van der Waals surface area contributed by atoms with Crippen LogP contribution in [0, 0.1) is 35.3 Å². The SMILES string of the molecule is Cc1cc(C)c(Oc2ccc(C#N)c(Cl)c2)c([N+](=O)[O-])c1. The highest BCUT2D eigenvalue weighted by Gasteiger charge is 2.19. The van der Waals surface area contributed by atoms with E-state index in [0.717, 1.165) is 5.56 Å². The molecule has 106 valence electrons. The number of nitro groups is 1. The highest BCUT2D eigenvalue weighted by Crippen LogP contribution is 2.36. The summed E-state index contributed by atoms with van der Waals surface area (Å²) in [5, 5.41) is 20.2. The monoisotopic (exact) mass is 302 g/mol. The van der Waals surface area contributed by atoms with E-state index in [1.54, 1.807) is 26.0 Å². The maximum absolute atomic E-state index is 11.1. The molecule has 0 amide bonds. The average molecular weight is 303 g/mol. The Hall–Kier alpha value is -2.58. The van der Waals surface area contributed by atoms with Crippen LogP contribution in [0.4, 0.5) is 5.69 Å². The predicted octanol–water partition coefficient (Wildman–Crippen LogP) is 4.53. The first-order valence-corrected chi connectivity index (χ1v) is 6.43. The Morgan fingerprint density at radius 3 is 2.57 bits per heavy atom. The standard InChI is InChI=1S/C15H11ClN2O3/c1-9-5-10(2)15(14(6-9)18(19)20)21-12-4-3-11(8-17)13(16)7-12/h3-7H,1-2H3. The van der Waals surface area contributed by atoms with Crippen LogP contribution in [0.1, 0.15) is 16.7 Å². The molecule has 2 aromatic carbocycles. The summed E-state index contributed by atoms with van der Waals surface area (Å²) in [4.78, 5) is 10.7. The molecule has 2 rings (SSSR count). The molecule has 0 aliphatic heterocycles. The lowest BCUT2D eigenvalue weighted by atomic mass is 10.1. The first kappa shape index (κ1) is 14.8. The molecular weight excluding hydrogens is 292 g/mol. The molecular formula is C15H11ClN2O3. The molecule has 0 unspecified atom stereocenters. The van der Waals surface area contributed by atoms with Crippen molar-refractivity contribution in [2.75, 3.05) is 0 Å². The number of halogens is 1. The van der Waals surface area contributed by atoms with Crippen LogP contribution in [0.2, 0.25) is 5.02 Å². The number of rotatable bonds is 3. The maximum atomic E-state index is 11.1. The number of ether oxygens (including phenoxy) is 1. The Balaban J connectivity index is 2.47. The summed E-state index contributed by atoms with van der Waals surface area (Å²) in [7, 11) is 0. The van der Waals surface area contributed by atoms with Gasteiger partial charge in [-0.2, -0.15) is 5.26 Å². The molecule has 21 heavy (non-hydrogen) atoms. The van der Waals surface area contributed by atoms with E-state index < -0.39 is 4.92 Å². The Kier molecular flexibility index (Phi) is 4.10. The van der Waals surface area contributed by atoms with E-state index in [1.165, 1.54) is 18.2 Å². The second kappa shape index (κ2) is 5.81. The van der Waals surface area contributed by atoms with Gasteiger partial charge in [0.25, 0.3) is 0 Å². The van der Waals surface area contributed by atoms with Crippen molar-refractivity contribution in [2.24, 2.45) is 0 Å². The Morgan fingerprint density at radius 1 is 1.29 bits per heavy atom. The van der Waals surface area contributed by atoms with Gasteiger partial charge in [-0.15, -0.1) is 0 Å². The van der Waals surface area contributed by atoms with Gasteiger partial charge in [-0.25, -0.2) is 0 Å². The minimum atomic E-state index is -0.486. The molecule has 0 aliphatic rings. The quantitative estimate of drug-likeness (QED) is 0.616. The number of nitrogens with zero attached hydrogens (tertiary/aromatic N) is 2. The third-order valence-electron chi connectivity index (χ3n) is 2.88. The molecule has 5 nitrogen and oxygen atoms in total. The van der Waals surface area contributed by atoms with Gasteiger partial charge in [0.1, 0.15) is 11.8 Å². The van der Waals surface area contributed by atoms with Crippen LogP contribution in [0.3, 0.4) is 0 Å². The van der Waals surface area contributed by atoms with E-state index >= 15 is 0 Å². The molecule has 6 heteroatoms. The number of nitriles is 1. The van der Waals surface area contributed by atoms with Gasteiger partial charge in [0, 0.05) is 12.1 Å². The van der Waals surface area contributed by atoms with Gasteiger partial charge in [0.05, 0.1) is 15.5 Å². The summed E-state index contributed by atoms with van der Waals surface area (Å²) in [6.07, 6.45) is 0. The summed E-state index contributed by atoms with van der Waals surface area (Å²) in [5.74, 6) is 0.514. The minimum Gasteiger partial charge on any atom is -0.450 e. The van der Waals surface area contributed by atoms with Gasteiger partial charge in [-0.3, -0.25) is 10.1 Å². The van der Waals surface area contributed by atoms with Crippen LogP contribution in [0.5, 0.6) is 11.5 Å². The zero-order valence-corrected chi connectivity index (χ0v) is 12.1. The van der Waals surface area contributed by atoms with Crippen molar-refractivity contribution in [3.8, 4) is 17.6 Å². The summed E-state index contributed by atoms with van der Waals surface area (Å²) < 4.78 is 5.60. The first-order valence-electron chi connectivity index (χ1n) is 6.05. The van der Waals surface area contributed by atoms with Crippen molar-refractivity contribution in [1.82, 2.24) is 0 Å². The lowest BCUT2D eigenvalue weighted by molar-refractivity contribution is -0.385. The van der Waals surface area contributed by atoms with Crippen molar-refractivity contribution < 1.29 is 9.66 Å². The smallest absolute Gasteiger partial charge is 0.312 e. The van der Waals surface area contributed by atoms with Crippen LogP contribution in [0.25, 0.3) is 0 Å². The molecule has 0 radical (unpaired) electrons. The third kappa shape index (κ3) is 3.12. The number of hydrogen-bond acceptors (Lipinski definition) is 4. The number of aryl methyl sites for hydroxylation is 2. The van der Waals surface area contributed by atoms with Crippen LogP contribution in [-0.2, 0) is 0 Å². The fraction of sp³-hybridized carbons (Fsp3) is 0.133. The van der Waals surface area contributed by atoms with E-state index in [-0.39, 0.29) is 16.5 Å². The van der Waals surface area contributed by atoms with Crippen molar-refractivity contribution >= 4 is 17.3 Å². The Morgan fingerprint density at radius 2 is 2.00 bits per heavy atom. The molecule has 2 aromatic rings. The Labute approximate surface area is 126 Å². The summed E-state index contributed by atoms with van der Waals surface area (Å²) in [5.41, 5.74) is 1.65. The van der Waals surface area contributed by atoms with Crippen molar-refractivity contribution in [3.05, 3.63) is 62.2 Å². The highest BCUT2D eigenvalue weighted by molar-refractivity contribution is 6.31. The van der Waals surface area contributed by atoms with Gasteiger partial charge in [-0.1, -0.05) is 17.7 Å². The summed E-state index contributed by atoms with van der Waals surface area (Å²) in [6.45, 7) is 3.52. The molecule has 0 atom stereocenters. The average Bonchev–Trinajstić information content (AvgIpc) is 2.41. The van der Waals surface area contributed by atoms with Crippen LogP contribution in [0.15, 0.2) is 30.3 Å². The fourth-order valence-electron chi connectivity index (χ4n) is 1.97. The van der Waals surface area contributed by atoms with E-state index in [2.05, 4.69) is 0 Å². The molecule has 0 bridgehead atoms. The van der Waals surface area contributed by atoms with Crippen LogP contribution < -0.4 is 4.74 Å². The van der Waals surface area contributed by atoms with E-state index in [9.17, 15) is 10.1 Å².